The van der Waals surface area contributed by atoms with Gasteiger partial charge in [0.05, 0.1) is 35.6 Å². The molecule has 2 aliphatic rings. The van der Waals surface area contributed by atoms with Crippen molar-refractivity contribution in [2.45, 2.75) is 45.1 Å². The Balaban J connectivity index is 1.39. The molecule has 0 bridgehead atoms. The van der Waals surface area contributed by atoms with Crippen LogP contribution in [-0.2, 0) is 5.41 Å². The van der Waals surface area contributed by atoms with Crippen molar-refractivity contribution in [2.75, 3.05) is 61.7 Å². The number of rotatable bonds is 7. The number of anilines is 6. The van der Waals surface area contributed by atoms with Gasteiger partial charge in [0.1, 0.15) is 12.1 Å². The molecule has 1 atom stereocenters. The van der Waals surface area contributed by atoms with Gasteiger partial charge in [-0.2, -0.15) is 4.98 Å². The van der Waals surface area contributed by atoms with Gasteiger partial charge in [-0.05, 0) is 51.6 Å². The maximum Gasteiger partial charge on any atom is 0.234 e. The summed E-state index contributed by atoms with van der Waals surface area (Å²) in [6.07, 6.45) is 3.96. The number of ether oxygens (including phenoxy) is 1. The van der Waals surface area contributed by atoms with Gasteiger partial charge in [-0.3, -0.25) is 4.98 Å². The smallest absolute Gasteiger partial charge is 0.234 e. The summed E-state index contributed by atoms with van der Waals surface area (Å²) in [6, 6.07) is 8.49. The molecule has 10 heteroatoms. The van der Waals surface area contributed by atoms with E-state index < -0.39 is 0 Å². The Morgan fingerprint density at radius 2 is 2.03 bits per heavy atom. The van der Waals surface area contributed by atoms with Crippen molar-refractivity contribution in [1.82, 2.24) is 24.8 Å². The summed E-state index contributed by atoms with van der Waals surface area (Å²) in [5.74, 6) is 1.66. The van der Waals surface area contributed by atoms with Crippen LogP contribution in [0.25, 0.3) is 0 Å². The van der Waals surface area contributed by atoms with Gasteiger partial charge < -0.3 is 30.5 Å². The molecule has 2 aromatic heterocycles. The Hall–Kier alpha value is -3.66. The number of pyridine rings is 1. The fraction of sp³-hybridized carbons (Fsp3) is 0.481. The number of nitrogens with zero attached hydrogens (tertiary/aromatic N) is 7. The van der Waals surface area contributed by atoms with Gasteiger partial charge in [-0.1, -0.05) is 13.8 Å². The van der Waals surface area contributed by atoms with Gasteiger partial charge >= 0.3 is 0 Å². The van der Waals surface area contributed by atoms with E-state index in [-0.39, 0.29) is 5.41 Å². The van der Waals surface area contributed by atoms with E-state index in [1.807, 2.05) is 25.1 Å². The standard InChI is InChI=1S/C27H37N9O/c1-17-9-10-21-24(31-17)27(2,3)15-36(21)26-30-16-29-25(33-26)32-20-12-19(28)22(13-23(20)37-6)35(5)14-18-8-7-11-34(18)4/h9-10,12-13,16,18H,7-8,11,14-15,28H2,1-6H3,(H,29,30,32,33)/t18-/m0/s1. The number of likely N-dealkylation sites (tertiary alicyclic amines) is 1. The molecule has 3 N–H and O–H groups in total. The number of aromatic nitrogens is 4. The summed E-state index contributed by atoms with van der Waals surface area (Å²) >= 11 is 0. The topological polar surface area (TPSA) is 109 Å². The third-order valence-electron chi connectivity index (χ3n) is 7.46. The second-order valence-electron chi connectivity index (χ2n) is 10.8. The molecule has 4 heterocycles. The Morgan fingerprint density at radius 3 is 2.76 bits per heavy atom. The Kier molecular flexibility index (Phi) is 6.53. The Labute approximate surface area is 218 Å². The van der Waals surface area contributed by atoms with E-state index in [4.69, 9.17) is 20.4 Å². The monoisotopic (exact) mass is 503 g/mol. The van der Waals surface area contributed by atoms with Crippen molar-refractivity contribution < 1.29 is 4.74 Å². The number of likely N-dealkylation sites (N-methyl/N-ethyl adjacent to an activating group) is 2. The highest BCUT2D eigenvalue weighted by Gasteiger charge is 2.38. The van der Waals surface area contributed by atoms with Crippen LogP contribution in [0.3, 0.4) is 0 Å². The Morgan fingerprint density at radius 1 is 1.22 bits per heavy atom. The minimum atomic E-state index is -0.117. The molecular weight excluding hydrogens is 466 g/mol. The summed E-state index contributed by atoms with van der Waals surface area (Å²) < 4.78 is 5.72. The molecule has 0 aliphatic carbocycles. The SMILES string of the molecule is COc1cc(N(C)C[C@@H]2CCCN2C)c(N)cc1Nc1ncnc(N2CC(C)(C)c3nc(C)ccc32)n1. The number of hydrogen-bond donors (Lipinski definition) is 2. The molecule has 0 unspecified atom stereocenters. The molecule has 1 saturated heterocycles. The Bertz CT molecular complexity index is 1290. The predicted octanol–water partition coefficient (Wildman–Crippen LogP) is 3.87. The summed E-state index contributed by atoms with van der Waals surface area (Å²) in [6.45, 7) is 9.18. The summed E-state index contributed by atoms with van der Waals surface area (Å²) in [5.41, 5.74) is 11.8. The molecule has 1 aromatic carbocycles. The first kappa shape index (κ1) is 25.0. The number of benzene rings is 1. The van der Waals surface area contributed by atoms with Gasteiger partial charge in [0, 0.05) is 43.4 Å². The van der Waals surface area contributed by atoms with Crippen LogP contribution in [0, 0.1) is 6.92 Å². The van der Waals surface area contributed by atoms with Gasteiger partial charge in [0.2, 0.25) is 11.9 Å². The number of methoxy groups -OCH3 is 1. The lowest BCUT2D eigenvalue weighted by molar-refractivity contribution is 0.314. The highest BCUT2D eigenvalue weighted by molar-refractivity contribution is 5.79. The summed E-state index contributed by atoms with van der Waals surface area (Å²) in [4.78, 5) is 25.1. The average Bonchev–Trinajstić information content (AvgIpc) is 3.38. The number of nitrogens with one attached hydrogen (secondary N) is 1. The number of aryl methyl sites for hydroxylation is 1. The van der Waals surface area contributed by atoms with E-state index in [0.717, 1.165) is 42.4 Å². The molecule has 0 saturated carbocycles. The highest BCUT2D eigenvalue weighted by Crippen LogP contribution is 2.42. The van der Waals surface area contributed by atoms with Crippen LogP contribution in [0.4, 0.5) is 34.6 Å². The molecule has 1 fully saturated rings. The molecule has 0 amide bonds. The first-order chi connectivity index (χ1) is 17.7. The fourth-order valence-corrected chi connectivity index (χ4v) is 5.40. The molecule has 2 aliphatic heterocycles. The molecule has 196 valence electrons. The van der Waals surface area contributed by atoms with Crippen molar-refractivity contribution in [2.24, 2.45) is 0 Å². The van der Waals surface area contributed by atoms with E-state index in [9.17, 15) is 0 Å². The van der Waals surface area contributed by atoms with Gasteiger partial charge in [0.25, 0.3) is 0 Å². The quantitative estimate of drug-likeness (QED) is 0.461. The van der Waals surface area contributed by atoms with Crippen LogP contribution in [-0.4, -0.2) is 71.7 Å². The van der Waals surface area contributed by atoms with Crippen molar-refractivity contribution >= 4 is 34.6 Å². The second kappa shape index (κ2) is 9.66. The maximum atomic E-state index is 6.51. The predicted molar refractivity (Wildman–Crippen MR) is 148 cm³/mol. The fourth-order valence-electron chi connectivity index (χ4n) is 5.40. The first-order valence-electron chi connectivity index (χ1n) is 12.8. The zero-order chi connectivity index (χ0) is 26.3. The zero-order valence-electron chi connectivity index (χ0n) is 22.6. The minimum Gasteiger partial charge on any atom is -0.494 e. The minimum absolute atomic E-state index is 0.117. The van der Waals surface area contributed by atoms with Crippen LogP contribution in [0.1, 0.15) is 38.1 Å². The van der Waals surface area contributed by atoms with Crippen molar-refractivity contribution in [3.05, 3.63) is 42.0 Å². The van der Waals surface area contributed by atoms with Crippen LogP contribution < -0.4 is 25.6 Å². The molecule has 10 nitrogen and oxygen atoms in total. The first-order valence-corrected chi connectivity index (χ1v) is 12.8. The normalized spacial score (nSPS) is 18.6. The zero-order valence-corrected chi connectivity index (χ0v) is 22.6. The summed E-state index contributed by atoms with van der Waals surface area (Å²) in [5, 5.41) is 3.29. The van der Waals surface area contributed by atoms with Crippen LogP contribution in [0.15, 0.2) is 30.6 Å². The maximum absolute atomic E-state index is 6.51. The third-order valence-corrected chi connectivity index (χ3v) is 7.46. The van der Waals surface area contributed by atoms with Crippen molar-refractivity contribution in [3.63, 3.8) is 0 Å². The highest BCUT2D eigenvalue weighted by atomic mass is 16.5. The number of nitrogen functional groups attached to an aromatic ring is 1. The lowest BCUT2D eigenvalue weighted by atomic mass is 9.91. The van der Waals surface area contributed by atoms with E-state index in [0.29, 0.717) is 35.1 Å². The summed E-state index contributed by atoms with van der Waals surface area (Å²) in [7, 11) is 5.92. The molecule has 3 aromatic rings. The lowest BCUT2D eigenvalue weighted by Gasteiger charge is -2.29. The van der Waals surface area contributed by atoms with Gasteiger partial charge in [-0.25, -0.2) is 9.97 Å². The van der Waals surface area contributed by atoms with Crippen LogP contribution in [0.2, 0.25) is 0 Å². The molecule has 5 rings (SSSR count). The van der Waals surface area contributed by atoms with Crippen LogP contribution >= 0.6 is 0 Å². The van der Waals surface area contributed by atoms with E-state index >= 15 is 0 Å². The molecule has 0 radical (unpaired) electrons. The molecule has 0 spiro atoms. The van der Waals surface area contributed by atoms with E-state index in [2.05, 4.69) is 64.0 Å². The van der Waals surface area contributed by atoms with Crippen LogP contribution in [0.5, 0.6) is 5.75 Å². The number of hydrogen-bond acceptors (Lipinski definition) is 10. The number of nitrogens with two attached hydrogens (primary N) is 1. The van der Waals surface area contributed by atoms with E-state index in [1.165, 1.54) is 19.2 Å². The molecule has 37 heavy (non-hydrogen) atoms. The van der Waals surface area contributed by atoms with Gasteiger partial charge in [0.15, 0.2) is 0 Å². The number of fused-ring (bicyclic) bond motifs is 1. The average molecular weight is 504 g/mol. The van der Waals surface area contributed by atoms with E-state index in [1.54, 1.807) is 7.11 Å². The lowest BCUT2D eigenvalue weighted by Crippen LogP contribution is -2.36. The van der Waals surface area contributed by atoms with Crippen molar-refractivity contribution in [1.29, 1.82) is 0 Å². The second-order valence-corrected chi connectivity index (χ2v) is 10.8. The van der Waals surface area contributed by atoms with Crippen molar-refractivity contribution in [3.8, 4) is 5.75 Å². The third kappa shape index (κ3) is 4.85. The molecular formula is C27H37N9O. The largest absolute Gasteiger partial charge is 0.494 e. The van der Waals surface area contributed by atoms with Gasteiger partial charge in [-0.15, -0.1) is 0 Å².